The Hall–Kier alpha value is -1.16. The third kappa shape index (κ3) is 5.08. The van der Waals surface area contributed by atoms with E-state index in [4.69, 9.17) is 0 Å². The molecule has 0 fully saturated rings. The van der Waals surface area contributed by atoms with E-state index in [2.05, 4.69) is 0 Å². The lowest BCUT2D eigenvalue weighted by Crippen LogP contribution is -2.19. The predicted octanol–water partition coefficient (Wildman–Crippen LogP) is 4.05. The van der Waals surface area contributed by atoms with Crippen molar-refractivity contribution >= 4 is 33.8 Å². The quantitative estimate of drug-likeness (QED) is 0.604. The predicted molar refractivity (Wildman–Crippen MR) is 60.3 cm³/mol. The second-order valence-electron chi connectivity index (χ2n) is 3.25. The highest BCUT2D eigenvalue weighted by atomic mass is 32.2. The molecule has 0 aliphatic heterocycles. The summed E-state index contributed by atoms with van der Waals surface area (Å²) in [6, 6.07) is 4.30. The summed E-state index contributed by atoms with van der Waals surface area (Å²) < 4.78 is 72.1. The Morgan fingerprint density at radius 3 is 1.45 bits per heavy atom. The van der Waals surface area contributed by atoms with Crippen molar-refractivity contribution in [2.45, 2.75) is 22.1 Å². The molecule has 1 aromatic carbocycles. The summed E-state index contributed by atoms with van der Waals surface area (Å²) in [5.41, 5.74) is 0. The van der Waals surface area contributed by atoms with Crippen LogP contribution in [0, 0.1) is 0 Å². The highest BCUT2D eigenvalue weighted by molar-refractivity contribution is 8.14. The first-order chi connectivity index (χ1) is 9.00. The zero-order chi connectivity index (χ0) is 15.6. The number of thioether (sulfide) groups is 2. The Morgan fingerprint density at radius 1 is 0.800 bits per heavy atom. The van der Waals surface area contributed by atoms with Crippen molar-refractivity contribution in [3.05, 3.63) is 24.3 Å². The Balaban J connectivity index is 2.82. The molecule has 0 N–H and O–H groups in total. The SMILES string of the molecule is O=C(Sc1cccc(SC(=O)C(F)(F)F)c1)C(F)(F)F. The molecule has 0 bridgehead atoms. The van der Waals surface area contributed by atoms with Crippen molar-refractivity contribution in [2.24, 2.45) is 0 Å². The lowest BCUT2D eigenvalue weighted by Gasteiger charge is -2.07. The van der Waals surface area contributed by atoms with Crippen LogP contribution < -0.4 is 0 Å². The number of benzene rings is 1. The van der Waals surface area contributed by atoms with Crippen molar-refractivity contribution in [1.82, 2.24) is 0 Å². The molecule has 0 unspecified atom stereocenters. The Morgan fingerprint density at radius 2 is 1.15 bits per heavy atom. The van der Waals surface area contributed by atoms with Gasteiger partial charge in [0, 0.05) is 9.79 Å². The molecular weight excluding hydrogens is 330 g/mol. The monoisotopic (exact) mass is 334 g/mol. The van der Waals surface area contributed by atoms with E-state index in [1.807, 2.05) is 0 Å². The standard InChI is InChI=1S/C10H4F6O2S2/c11-9(12,13)7(17)19-5-2-1-3-6(4-5)20-8(18)10(14,15)16/h1-4H. The van der Waals surface area contributed by atoms with E-state index in [-0.39, 0.29) is 33.3 Å². The Bertz CT molecular complexity index is 480. The van der Waals surface area contributed by atoms with Crippen molar-refractivity contribution in [3.63, 3.8) is 0 Å². The average Bonchev–Trinajstić information content (AvgIpc) is 2.26. The largest absolute Gasteiger partial charge is 0.461 e. The first-order valence-corrected chi connectivity index (χ1v) is 6.31. The van der Waals surface area contributed by atoms with Crippen LogP contribution in [0.3, 0.4) is 0 Å². The molecule has 0 aromatic heterocycles. The third-order valence-corrected chi connectivity index (χ3v) is 3.50. The minimum atomic E-state index is -5.05. The number of hydrogen-bond acceptors (Lipinski definition) is 4. The zero-order valence-corrected chi connectivity index (χ0v) is 10.8. The maximum Gasteiger partial charge on any atom is 0.461 e. The van der Waals surface area contributed by atoms with Crippen LogP contribution in [0.1, 0.15) is 0 Å². The van der Waals surface area contributed by atoms with Gasteiger partial charge in [-0.2, -0.15) is 26.3 Å². The van der Waals surface area contributed by atoms with E-state index in [9.17, 15) is 35.9 Å². The molecule has 0 saturated carbocycles. The van der Waals surface area contributed by atoms with Gasteiger partial charge in [0.05, 0.1) is 0 Å². The molecule has 110 valence electrons. The number of alkyl halides is 6. The fourth-order valence-electron chi connectivity index (χ4n) is 0.931. The molecular formula is C10H4F6O2S2. The zero-order valence-electron chi connectivity index (χ0n) is 9.21. The van der Waals surface area contributed by atoms with Gasteiger partial charge in [-0.05, 0) is 41.7 Å². The number of rotatable bonds is 2. The van der Waals surface area contributed by atoms with E-state index >= 15 is 0 Å². The summed E-state index contributed by atoms with van der Waals surface area (Å²) in [6.45, 7) is 0. The number of carbonyl (C=O) groups excluding carboxylic acids is 2. The minimum Gasteiger partial charge on any atom is -0.276 e. The molecule has 10 heteroatoms. The van der Waals surface area contributed by atoms with Gasteiger partial charge in [-0.15, -0.1) is 0 Å². The molecule has 0 heterocycles. The molecule has 1 rings (SSSR count). The van der Waals surface area contributed by atoms with Crippen molar-refractivity contribution < 1.29 is 35.9 Å². The average molecular weight is 334 g/mol. The second-order valence-corrected chi connectivity index (χ2v) is 5.34. The molecule has 0 atom stereocenters. The van der Waals surface area contributed by atoms with Crippen LogP contribution >= 0.6 is 23.5 Å². The van der Waals surface area contributed by atoms with E-state index < -0.39 is 22.6 Å². The van der Waals surface area contributed by atoms with Crippen LogP contribution in [0.5, 0.6) is 0 Å². The van der Waals surface area contributed by atoms with Gasteiger partial charge in [0.25, 0.3) is 10.2 Å². The van der Waals surface area contributed by atoms with E-state index in [1.54, 1.807) is 0 Å². The summed E-state index contributed by atoms with van der Waals surface area (Å²) in [5, 5.41) is -4.19. The third-order valence-electron chi connectivity index (χ3n) is 1.69. The fourth-order valence-corrected chi connectivity index (χ4v) is 2.33. The van der Waals surface area contributed by atoms with Crippen LogP contribution in [0.2, 0.25) is 0 Å². The highest BCUT2D eigenvalue weighted by Gasteiger charge is 2.40. The van der Waals surface area contributed by atoms with E-state index in [1.165, 1.54) is 0 Å². The molecule has 0 amide bonds. The Kier molecular flexibility index (Phi) is 5.14. The fraction of sp³-hybridized carbons (Fsp3) is 0.200. The summed E-state index contributed by atoms with van der Waals surface area (Å²) in [5.74, 6) is 0. The van der Waals surface area contributed by atoms with Gasteiger partial charge in [0.1, 0.15) is 0 Å². The molecule has 0 saturated heterocycles. The normalized spacial score (nSPS) is 12.3. The second kappa shape index (κ2) is 6.08. The van der Waals surface area contributed by atoms with Gasteiger partial charge in [-0.1, -0.05) is 6.07 Å². The first kappa shape index (κ1) is 16.9. The molecule has 0 spiro atoms. The van der Waals surface area contributed by atoms with Crippen LogP contribution in [-0.4, -0.2) is 22.6 Å². The lowest BCUT2D eigenvalue weighted by atomic mass is 10.4. The van der Waals surface area contributed by atoms with Gasteiger partial charge in [0.15, 0.2) is 0 Å². The van der Waals surface area contributed by atoms with Crippen molar-refractivity contribution in [3.8, 4) is 0 Å². The molecule has 1 aromatic rings. The van der Waals surface area contributed by atoms with E-state index in [0.29, 0.717) is 0 Å². The van der Waals surface area contributed by atoms with Crippen molar-refractivity contribution in [2.75, 3.05) is 0 Å². The highest BCUT2D eigenvalue weighted by Crippen LogP contribution is 2.33. The van der Waals surface area contributed by atoms with Gasteiger partial charge >= 0.3 is 12.4 Å². The van der Waals surface area contributed by atoms with Crippen LogP contribution in [-0.2, 0) is 9.59 Å². The maximum absolute atomic E-state index is 12.0. The number of halogens is 6. The maximum atomic E-state index is 12.0. The summed E-state index contributed by atoms with van der Waals surface area (Å²) >= 11 is -0.341. The molecule has 0 aliphatic rings. The minimum absolute atomic E-state index is 0.171. The van der Waals surface area contributed by atoms with E-state index in [0.717, 1.165) is 24.3 Å². The van der Waals surface area contributed by atoms with Gasteiger partial charge in [0.2, 0.25) is 0 Å². The topological polar surface area (TPSA) is 34.1 Å². The Labute approximate surface area is 116 Å². The van der Waals surface area contributed by atoms with Crippen LogP contribution in [0.4, 0.5) is 26.3 Å². The van der Waals surface area contributed by atoms with Gasteiger partial charge in [-0.25, -0.2) is 0 Å². The molecule has 20 heavy (non-hydrogen) atoms. The first-order valence-electron chi connectivity index (χ1n) is 4.68. The van der Waals surface area contributed by atoms with Gasteiger partial charge in [-0.3, -0.25) is 9.59 Å². The van der Waals surface area contributed by atoms with Crippen LogP contribution in [0.15, 0.2) is 34.1 Å². The lowest BCUT2D eigenvalue weighted by molar-refractivity contribution is -0.160. The summed E-state index contributed by atoms with van der Waals surface area (Å²) in [4.78, 5) is 21.0. The molecule has 2 nitrogen and oxygen atoms in total. The molecule has 0 radical (unpaired) electrons. The number of carbonyl (C=O) groups is 2. The smallest absolute Gasteiger partial charge is 0.276 e. The summed E-state index contributed by atoms with van der Waals surface area (Å²) in [6.07, 6.45) is -10.1. The molecule has 0 aliphatic carbocycles. The number of hydrogen-bond donors (Lipinski definition) is 0. The van der Waals surface area contributed by atoms with Crippen molar-refractivity contribution in [1.29, 1.82) is 0 Å². The van der Waals surface area contributed by atoms with Crippen LogP contribution in [0.25, 0.3) is 0 Å². The van der Waals surface area contributed by atoms with Gasteiger partial charge < -0.3 is 0 Å². The summed E-state index contributed by atoms with van der Waals surface area (Å²) in [7, 11) is 0.